The number of nitrogens with zero attached hydrogens (tertiary/aromatic N) is 1. The highest BCUT2D eigenvalue weighted by Gasteiger charge is 2.25. The Morgan fingerprint density at radius 3 is 2.65 bits per heavy atom. The summed E-state index contributed by atoms with van der Waals surface area (Å²) in [6.07, 6.45) is 2.01. The molecular formula is C17H23BN4O3S. The Hall–Kier alpha value is -2.33. The molecule has 0 radical (unpaired) electrons. The summed E-state index contributed by atoms with van der Waals surface area (Å²) in [4.78, 5) is 12.1. The van der Waals surface area contributed by atoms with Gasteiger partial charge in [0.1, 0.15) is 0 Å². The Morgan fingerprint density at radius 2 is 2.04 bits per heavy atom. The van der Waals surface area contributed by atoms with Crippen molar-refractivity contribution in [1.29, 1.82) is 0 Å². The zero-order valence-electron chi connectivity index (χ0n) is 14.3. The molecule has 2 aromatic rings. The lowest BCUT2D eigenvalue weighted by Gasteiger charge is -2.19. The molecular weight excluding hydrogens is 351 g/mol. The van der Waals surface area contributed by atoms with E-state index in [1.54, 1.807) is 6.20 Å². The van der Waals surface area contributed by atoms with Gasteiger partial charge in [-0.3, -0.25) is 4.79 Å². The third-order valence-electron chi connectivity index (χ3n) is 3.75. The topological polar surface area (TPSA) is 125 Å². The van der Waals surface area contributed by atoms with E-state index in [4.69, 9.17) is 11.6 Å². The Morgan fingerprint density at radius 1 is 1.31 bits per heavy atom. The molecule has 0 bridgehead atoms. The second kappa shape index (κ2) is 9.98. The molecule has 1 heterocycles. The summed E-state index contributed by atoms with van der Waals surface area (Å²) >= 11 is 1.51. The number of benzene rings is 1. The Labute approximate surface area is 157 Å². The molecule has 9 heteroatoms. The normalized spacial score (nSPS) is 12.5. The monoisotopic (exact) mass is 374 g/mol. The molecule has 0 aliphatic carbocycles. The van der Waals surface area contributed by atoms with Gasteiger partial charge in [-0.05, 0) is 34.4 Å². The highest BCUT2D eigenvalue weighted by molar-refractivity contribution is 7.07. The third-order valence-corrected chi connectivity index (χ3v) is 4.48. The van der Waals surface area contributed by atoms with E-state index in [1.807, 2.05) is 47.2 Å². The summed E-state index contributed by atoms with van der Waals surface area (Å²) in [5.41, 5.74) is 8.24. The second-order valence-corrected chi connectivity index (χ2v) is 6.64. The molecule has 1 aromatic heterocycles. The molecule has 1 aromatic carbocycles. The van der Waals surface area contributed by atoms with Crippen LogP contribution < -0.4 is 16.9 Å². The minimum Gasteiger partial charge on any atom is -0.426 e. The van der Waals surface area contributed by atoms with Gasteiger partial charge < -0.3 is 26.1 Å². The molecule has 0 aliphatic rings. The van der Waals surface area contributed by atoms with Crippen LogP contribution in [-0.2, 0) is 11.2 Å². The van der Waals surface area contributed by atoms with Gasteiger partial charge in [0, 0.05) is 19.2 Å². The van der Waals surface area contributed by atoms with Crippen LogP contribution in [0.3, 0.4) is 0 Å². The lowest BCUT2D eigenvalue weighted by Crippen LogP contribution is -2.48. The molecule has 138 valence electrons. The van der Waals surface area contributed by atoms with Crippen LogP contribution in [0.2, 0.25) is 0 Å². The van der Waals surface area contributed by atoms with E-state index in [9.17, 15) is 14.8 Å². The number of thiophene rings is 1. The summed E-state index contributed by atoms with van der Waals surface area (Å²) in [6, 6.07) is 11.2. The predicted molar refractivity (Wildman–Crippen MR) is 104 cm³/mol. The maximum atomic E-state index is 12.1. The number of hydrogen-bond donors (Lipinski definition) is 5. The lowest BCUT2D eigenvalue weighted by atomic mass is 9.76. The number of hydrogen-bond acceptors (Lipinski definition) is 7. The van der Waals surface area contributed by atoms with Gasteiger partial charge in [0.25, 0.3) is 0 Å². The lowest BCUT2D eigenvalue weighted by molar-refractivity contribution is -0.121. The van der Waals surface area contributed by atoms with Crippen LogP contribution in [0.4, 0.5) is 0 Å². The van der Waals surface area contributed by atoms with E-state index in [2.05, 4.69) is 5.32 Å². The Balaban J connectivity index is 1.82. The number of carbonyl (C=O) groups excluding carboxylic acids is 1. The van der Waals surface area contributed by atoms with Gasteiger partial charge in [-0.25, -0.2) is 5.84 Å². The number of nitrogens with one attached hydrogen (secondary N) is 1. The van der Waals surface area contributed by atoms with Crippen molar-refractivity contribution in [3.05, 3.63) is 64.5 Å². The fourth-order valence-electron chi connectivity index (χ4n) is 2.35. The van der Waals surface area contributed by atoms with Crippen LogP contribution in [0.5, 0.6) is 0 Å². The number of rotatable bonds is 9. The maximum absolute atomic E-state index is 12.1. The predicted octanol–water partition coefficient (Wildman–Crippen LogP) is 0.311. The van der Waals surface area contributed by atoms with Gasteiger partial charge in [-0.1, -0.05) is 30.3 Å². The van der Waals surface area contributed by atoms with Gasteiger partial charge in [0.15, 0.2) is 0 Å². The smallest absolute Gasteiger partial charge is 0.426 e. The van der Waals surface area contributed by atoms with Gasteiger partial charge in [-0.2, -0.15) is 11.3 Å². The van der Waals surface area contributed by atoms with Crippen LogP contribution in [-0.4, -0.2) is 40.6 Å². The van der Waals surface area contributed by atoms with E-state index in [1.165, 1.54) is 16.3 Å². The summed E-state index contributed by atoms with van der Waals surface area (Å²) in [6.45, 7) is 0.242. The minimum absolute atomic E-state index is 0.0991. The van der Waals surface area contributed by atoms with Gasteiger partial charge >= 0.3 is 7.12 Å². The summed E-state index contributed by atoms with van der Waals surface area (Å²) in [5.74, 6) is 4.77. The molecule has 0 spiro atoms. The van der Waals surface area contributed by atoms with E-state index in [0.717, 1.165) is 11.1 Å². The number of carbonyl (C=O) groups is 1. The van der Waals surface area contributed by atoms with Crippen molar-refractivity contribution in [3.63, 3.8) is 0 Å². The fraction of sp³-hybridized carbons (Fsp3) is 0.235. The summed E-state index contributed by atoms with van der Waals surface area (Å²) < 4.78 is 0. The average Bonchev–Trinajstić information content (AvgIpc) is 3.13. The van der Waals surface area contributed by atoms with Gasteiger partial charge in [0.05, 0.1) is 11.6 Å². The minimum atomic E-state index is -1.64. The molecule has 26 heavy (non-hydrogen) atoms. The standard InChI is InChI=1S/C17H23BN4O3S/c19-15(14-4-2-1-3-5-14)11-22(20)8-6-17(23)21-16(18(24)25)10-13-7-9-26-12-13/h1-5,7,9,11-12,16,24-25H,6,8,10,19-20H2,(H,21,23)/b15-11-. The van der Waals surface area contributed by atoms with Crippen molar-refractivity contribution in [2.45, 2.75) is 18.8 Å². The molecule has 0 saturated heterocycles. The largest absolute Gasteiger partial charge is 0.475 e. The number of amides is 1. The fourth-order valence-corrected chi connectivity index (χ4v) is 3.03. The van der Waals surface area contributed by atoms with Crippen LogP contribution in [0, 0.1) is 0 Å². The molecule has 0 saturated carbocycles. The van der Waals surface area contributed by atoms with Crippen molar-refractivity contribution in [2.75, 3.05) is 6.54 Å². The number of hydrazine groups is 1. The highest BCUT2D eigenvalue weighted by atomic mass is 32.1. The van der Waals surface area contributed by atoms with Crippen LogP contribution >= 0.6 is 11.3 Å². The second-order valence-electron chi connectivity index (χ2n) is 5.86. The molecule has 0 fully saturated rings. The summed E-state index contributed by atoms with van der Waals surface area (Å²) in [5, 5.41) is 26.7. The van der Waals surface area contributed by atoms with Crippen molar-refractivity contribution < 1.29 is 14.8 Å². The summed E-state index contributed by atoms with van der Waals surface area (Å²) in [7, 11) is -1.64. The van der Waals surface area contributed by atoms with Gasteiger partial charge in [-0.15, -0.1) is 0 Å². The molecule has 7 nitrogen and oxygen atoms in total. The van der Waals surface area contributed by atoms with E-state index in [0.29, 0.717) is 12.1 Å². The van der Waals surface area contributed by atoms with E-state index in [-0.39, 0.29) is 18.9 Å². The number of nitrogens with two attached hydrogens (primary N) is 2. The zero-order chi connectivity index (χ0) is 18.9. The molecule has 1 unspecified atom stereocenters. The van der Waals surface area contributed by atoms with Crippen LogP contribution in [0.15, 0.2) is 53.4 Å². The highest BCUT2D eigenvalue weighted by Crippen LogP contribution is 2.10. The maximum Gasteiger partial charge on any atom is 0.475 e. The van der Waals surface area contributed by atoms with E-state index < -0.39 is 13.1 Å². The molecule has 1 atom stereocenters. The SMILES string of the molecule is N/C(=C\N(N)CCC(=O)NC(Cc1ccsc1)B(O)O)c1ccccc1. The quantitative estimate of drug-likeness (QED) is 0.244. The molecule has 0 aliphatic heterocycles. The van der Waals surface area contributed by atoms with Crippen LogP contribution in [0.25, 0.3) is 5.70 Å². The van der Waals surface area contributed by atoms with Crippen molar-refractivity contribution >= 4 is 30.1 Å². The first-order chi connectivity index (χ1) is 12.5. The van der Waals surface area contributed by atoms with E-state index >= 15 is 0 Å². The third kappa shape index (κ3) is 6.53. The molecule has 2 rings (SSSR count). The van der Waals surface area contributed by atoms with Crippen molar-refractivity contribution in [3.8, 4) is 0 Å². The average molecular weight is 374 g/mol. The van der Waals surface area contributed by atoms with Gasteiger partial charge in [0.2, 0.25) is 5.91 Å². The van der Waals surface area contributed by atoms with Crippen LogP contribution in [0.1, 0.15) is 17.5 Å². The Bertz CT molecular complexity index is 710. The molecule has 1 amide bonds. The zero-order valence-corrected chi connectivity index (χ0v) is 15.1. The van der Waals surface area contributed by atoms with Crippen molar-refractivity contribution in [1.82, 2.24) is 10.3 Å². The first-order valence-electron chi connectivity index (χ1n) is 8.16. The molecule has 7 N–H and O–H groups in total. The first kappa shape index (κ1) is 20.0. The first-order valence-corrected chi connectivity index (χ1v) is 9.10. The van der Waals surface area contributed by atoms with Crippen molar-refractivity contribution in [2.24, 2.45) is 11.6 Å². The Kier molecular flexibility index (Phi) is 7.67.